The average molecular weight is 324 g/mol. The van der Waals surface area contributed by atoms with Gasteiger partial charge in [0.25, 0.3) is 0 Å². The summed E-state index contributed by atoms with van der Waals surface area (Å²) in [5, 5.41) is 0.729. The number of rotatable bonds is 4. The molecule has 0 heterocycles. The Labute approximate surface area is 141 Å². The monoisotopic (exact) mass is 323 g/mol. The zero-order chi connectivity index (χ0) is 16.2. The van der Waals surface area contributed by atoms with E-state index in [2.05, 4.69) is 36.1 Å². The first-order valence-electron chi connectivity index (χ1n) is 7.44. The number of hydrogen-bond donors (Lipinski definition) is 0. The number of aryl methyl sites for hydroxylation is 1. The molecule has 116 valence electrons. The number of ether oxygens (including phenoxy) is 1. The van der Waals surface area contributed by atoms with Gasteiger partial charge in [-0.1, -0.05) is 29.3 Å². The minimum atomic E-state index is 0.729. The van der Waals surface area contributed by atoms with Crippen molar-refractivity contribution in [3.63, 3.8) is 0 Å². The molecule has 23 heavy (non-hydrogen) atoms. The van der Waals surface area contributed by atoms with Crippen molar-refractivity contribution in [3.05, 3.63) is 83.4 Å². The topological polar surface area (TPSA) is 12.5 Å². The maximum absolute atomic E-state index is 6.03. The first-order chi connectivity index (χ1) is 11.2. The fourth-order valence-corrected chi connectivity index (χ4v) is 2.59. The number of halogens is 1. The number of methoxy groups -OCH3 is 1. The molecule has 0 aliphatic heterocycles. The van der Waals surface area contributed by atoms with Gasteiger partial charge in [-0.3, -0.25) is 0 Å². The summed E-state index contributed by atoms with van der Waals surface area (Å²) in [5.41, 5.74) is 4.46. The van der Waals surface area contributed by atoms with Crippen LogP contribution in [0.1, 0.15) is 5.56 Å². The van der Waals surface area contributed by atoms with Crippen molar-refractivity contribution in [2.75, 3.05) is 12.0 Å². The summed E-state index contributed by atoms with van der Waals surface area (Å²) in [7, 11) is 1.67. The van der Waals surface area contributed by atoms with Gasteiger partial charge in [-0.25, -0.2) is 0 Å². The molecule has 0 aromatic heterocycles. The van der Waals surface area contributed by atoms with Crippen LogP contribution in [0.5, 0.6) is 5.75 Å². The molecular weight excluding hydrogens is 306 g/mol. The predicted molar refractivity (Wildman–Crippen MR) is 97.4 cm³/mol. The maximum atomic E-state index is 6.03. The first kappa shape index (κ1) is 15.4. The van der Waals surface area contributed by atoms with Gasteiger partial charge >= 0.3 is 0 Å². The highest BCUT2D eigenvalue weighted by molar-refractivity contribution is 6.30. The molecule has 0 unspecified atom stereocenters. The second-order valence-electron chi connectivity index (χ2n) is 5.35. The van der Waals surface area contributed by atoms with Crippen LogP contribution in [0, 0.1) is 6.92 Å². The molecule has 0 radical (unpaired) electrons. The van der Waals surface area contributed by atoms with E-state index in [-0.39, 0.29) is 0 Å². The van der Waals surface area contributed by atoms with Crippen molar-refractivity contribution in [3.8, 4) is 5.75 Å². The largest absolute Gasteiger partial charge is 0.497 e. The summed E-state index contributed by atoms with van der Waals surface area (Å²) in [6.45, 7) is 2.09. The summed E-state index contributed by atoms with van der Waals surface area (Å²) in [6.07, 6.45) is 0. The zero-order valence-corrected chi connectivity index (χ0v) is 13.9. The summed E-state index contributed by atoms with van der Waals surface area (Å²) in [5.74, 6) is 0.841. The van der Waals surface area contributed by atoms with E-state index in [1.807, 2.05) is 48.5 Å². The lowest BCUT2D eigenvalue weighted by Gasteiger charge is -2.25. The minimum absolute atomic E-state index is 0.729. The van der Waals surface area contributed by atoms with Crippen LogP contribution < -0.4 is 9.64 Å². The van der Waals surface area contributed by atoms with E-state index in [0.29, 0.717) is 0 Å². The fourth-order valence-electron chi connectivity index (χ4n) is 2.46. The molecule has 0 fully saturated rings. The van der Waals surface area contributed by atoms with Gasteiger partial charge in [0.05, 0.1) is 7.11 Å². The molecule has 0 bridgehead atoms. The van der Waals surface area contributed by atoms with Gasteiger partial charge in [0.2, 0.25) is 0 Å². The Kier molecular flexibility index (Phi) is 4.54. The van der Waals surface area contributed by atoms with E-state index in [1.165, 1.54) is 5.56 Å². The van der Waals surface area contributed by atoms with Crippen LogP contribution in [0.2, 0.25) is 5.02 Å². The Hall–Kier alpha value is -2.45. The van der Waals surface area contributed by atoms with Crippen molar-refractivity contribution in [2.24, 2.45) is 0 Å². The molecule has 0 atom stereocenters. The molecule has 3 rings (SSSR count). The molecule has 0 aliphatic carbocycles. The number of benzene rings is 3. The Bertz CT molecular complexity index is 719. The van der Waals surface area contributed by atoms with E-state index < -0.39 is 0 Å². The van der Waals surface area contributed by atoms with Gasteiger partial charge in [-0.05, 0) is 67.6 Å². The molecule has 0 N–H and O–H groups in total. The van der Waals surface area contributed by atoms with Crippen LogP contribution in [0.15, 0.2) is 72.8 Å². The van der Waals surface area contributed by atoms with Crippen molar-refractivity contribution < 1.29 is 4.74 Å². The summed E-state index contributed by atoms with van der Waals surface area (Å²) >= 11 is 6.03. The van der Waals surface area contributed by atoms with Crippen molar-refractivity contribution in [2.45, 2.75) is 6.92 Å². The highest BCUT2D eigenvalue weighted by Crippen LogP contribution is 2.35. The smallest absolute Gasteiger partial charge is 0.119 e. The molecular formula is C20H18ClNO. The average Bonchev–Trinajstić information content (AvgIpc) is 2.59. The third-order valence-corrected chi connectivity index (χ3v) is 3.96. The van der Waals surface area contributed by atoms with E-state index >= 15 is 0 Å². The lowest BCUT2D eigenvalue weighted by molar-refractivity contribution is 0.415. The van der Waals surface area contributed by atoms with Crippen LogP contribution in [0.4, 0.5) is 17.1 Å². The van der Waals surface area contributed by atoms with Crippen molar-refractivity contribution in [1.82, 2.24) is 0 Å². The molecule has 2 nitrogen and oxygen atoms in total. The molecule has 0 saturated carbocycles. The summed E-state index contributed by atoms with van der Waals surface area (Å²) < 4.78 is 5.26. The lowest BCUT2D eigenvalue weighted by Crippen LogP contribution is -2.09. The molecule has 0 spiro atoms. The molecule has 3 aromatic carbocycles. The van der Waals surface area contributed by atoms with Gasteiger partial charge in [0.15, 0.2) is 0 Å². The first-order valence-corrected chi connectivity index (χ1v) is 7.81. The SMILES string of the molecule is COc1ccc(N(c2ccc(C)cc2)c2ccc(Cl)cc2)cc1. The van der Waals surface area contributed by atoms with Crippen LogP contribution in [0.3, 0.4) is 0 Å². The van der Waals surface area contributed by atoms with E-state index in [0.717, 1.165) is 27.8 Å². The fraction of sp³-hybridized carbons (Fsp3) is 0.100. The Balaban J connectivity index is 2.08. The van der Waals surface area contributed by atoms with E-state index in [4.69, 9.17) is 16.3 Å². The molecule has 0 aliphatic rings. The van der Waals surface area contributed by atoms with Crippen LogP contribution in [-0.2, 0) is 0 Å². The molecule has 3 aromatic rings. The quantitative estimate of drug-likeness (QED) is 0.573. The van der Waals surface area contributed by atoms with Gasteiger partial charge in [0, 0.05) is 22.1 Å². The normalized spacial score (nSPS) is 10.4. The second-order valence-corrected chi connectivity index (χ2v) is 5.78. The van der Waals surface area contributed by atoms with Gasteiger partial charge in [-0.15, -0.1) is 0 Å². The van der Waals surface area contributed by atoms with Gasteiger partial charge in [0.1, 0.15) is 5.75 Å². The van der Waals surface area contributed by atoms with Crippen molar-refractivity contribution in [1.29, 1.82) is 0 Å². The maximum Gasteiger partial charge on any atom is 0.119 e. The number of nitrogens with zero attached hydrogens (tertiary/aromatic N) is 1. The number of hydrogen-bond acceptors (Lipinski definition) is 2. The summed E-state index contributed by atoms with van der Waals surface area (Å²) in [4.78, 5) is 2.19. The van der Waals surface area contributed by atoms with Crippen LogP contribution in [-0.4, -0.2) is 7.11 Å². The third-order valence-electron chi connectivity index (χ3n) is 3.71. The summed E-state index contributed by atoms with van der Waals surface area (Å²) in [6, 6.07) is 24.3. The molecule has 0 amide bonds. The zero-order valence-electron chi connectivity index (χ0n) is 13.2. The van der Waals surface area contributed by atoms with E-state index in [1.54, 1.807) is 7.11 Å². The standard InChI is InChI=1S/C20H18ClNO/c1-15-3-7-17(8-4-15)22(18-9-5-16(21)6-10-18)19-11-13-20(23-2)14-12-19/h3-14H,1-2H3. The Morgan fingerprint density at radius 2 is 1.13 bits per heavy atom. The number of anilines is 3. The third kappa shape index (κ3) is 3.49. The Morgan fingerprint density at radius 3 is 1.61 bits per heavy atom. The van der Waals surface area contributed by atoms with Gasteiger partial charge in [-0.2, -0.15) is 0 Å². The van der Waals surface area contributed by atoms with E-state index in [9.17, 15) is 0 Å². The predicted octanol–water partition coefficient (Wildman–Crippen LogP) is 6.13. The van der Waals surface area contributed by atoms with Gasteiger partial charge < -0.3 is 9.64 Å². The Morgan fingerprint density at radius 1 is 0.696 bits per heavy atom. The second kappa shape index (κ2) is 6.76. The highest BCUT2D eigenvalue weighted by atomic mass is 35.5. The lowest BCUT2D eigenvalue weighted by atomic mass is 10.1. The molecule has 0 saturated heterocycles. The minimum Gasteiger partial charge on any atom is -0.497 e. The van der Waals surface area contributed by atoms with Crippen LogP contribution >= 0.6 is 11.6 Å². The van der Waals surface area contributed by atoms with Crippen LogP contribution in [0.25, 0.3) is 0 Å². The molecule has 3 heteroatoms. The van der Waals surface area contributed by atoms with Crippen molar-refractivity contribution >= 4 is 28.7 Å². The highest BCUT2D eigenvalue weighted by Gasteiger charge is 2.12.